The van der Waals surface area contributed by atoms with Gasteiger partial charge in [-0.15, -0.1) is 0 Å². The fourth-order valence-electron chi connectivity index (χ4n) is 2.16. The third-order valence-corrected chi connectivity index (χ3v) is 3.12. The molecule has 1 saturated heterocycles. The maximum absolute atomic E-state index is 5.29. The van der Waals surface area contributed by atoms with Gasteiger partial charge >= 0.3 is 0 Å². The molecule has 96 valence electrons. The molecule has 1 heterocycles. The zero-order valence-electron chi connectivity index (χ0n) is 10.8. The van der Waals surface area contributed by atoms with E-state index in [-0.39, 0.29) is 0 Å². The van der Waals surface area contributed by atoms with Crippen LogP contribution in [0.15, 0.2) is 0 Å². The Bertz CT molecular complexity index is 147. The van der Waals surface area contributed by atoms with Crippen molar-refractivity contribution in [3.05, 3.63) is 0 Å². The number of ether oxygens (including phenoxy) is 1. The van der Waals surface area contributed by atoms with Crippen LogP contribution in [0.5, 0.6) is 0 Å². The van der Waals surface area contributed by atoms with Crippen molar-refractivity contribution in [2.45, 2.75) is 39.0 Å². The molecular weight excluding hydrogens is 200 g/mol. The highest BCUT2D eigenvalue weighted by Gasteiger charge is 2.09. The smallest absolute Gasteiger partial charge is 0.0466 e. The van der Waals surface area contributed by atoms with Crippen molar-refractivity contribution in [2.75, 3.05) is 45.9 Å². The number of nitrogens with one attached hydrogen (secondary N) is 1. The van der Waals surface area contributed by atoms with Crippen LogP contribution in [0.1, 0.15) is 39.0 Å². The van der Waals surface area contributed by atoms with Crippen LogP contribution in [-0.2, 0) is 4.74 Å². The van der Waals surface area contributed by atoms with Gasteiger partial charge in [-0.1, -0.05) is 0 Å². The van der Waals surface area contributed by atoms with Crippen molar-refractivity contribution >= 4 is 0 Å². The molecule has 0 amide bonds. The van der Waals surface area contributed by atoms with Gasteiger partial charge in [-0.3, -0.25) is 0 Å². The average molecular weight is 228 g/mol. The number of nitrogens with zero attached hydrogens (tertiary/aromatic N) is 1. The molecule has 3 nitrogen and oxygen atoms in total. The van der Waals surface area contributed by atoms with Crippen molar-refractivity contribution in [1.29, 1.82) is 0 Å². The predicted molar refractivity (Wildman–Crippen MR) is 68.9 cm³/mol. The Morgan fingerprint density at radius 1 is 1.06 bits per heavy atom. The van der Waals surface area contributed by atoms with Gasteiger partial charge in [-0.25, -0.2) is 0 Å². The highest BCUT2D eigenvalue weighted by molar-refractivity contribution is 4.66. The lowest BCUT2D eigenvalue weighted by Gasteiger charge is -2.14. The van der Waals surface area contributed by atoms with E-state index in [2.05, 4.69) is 17.1 Å². The second-order valence-electron chi connectivity index (χ2n) is 4.56. The van der Waals surface area contributed by atoms with Gasteiger partial charge in [0.2, 0.25) is 0 Å². The zero-order valence-corrected chi connectivity index (χ0v) is 10.8. The van der Waals surface area contributed by atoms with Gasteiger partial charge in [0.1, 0.15) is 0 Å². The fourth-order valence-corrected chi connectivity index (χ4v) is 2.16. The Morgan fingerprint density at radius 2 is 1.81 bits per heavy atom. The van der Waals surface area contributed by atoms with E-state index in [0.29, 0.717) is 0 Å². The first-order valence-electron chi connectivity index (χ1n) is 6.94. The van der Waals surface area contributed by atoms with Gasteiger partial charge < -0.3 is 15.0 Å². The van der Waals surface area contributed by atoms with Crippen molar-refractivity contribution < 1.29 is 4.74 Å². The van der Waals surface area contributed by atoms with Crippen molar-refractivity contribution in [3.8, 4) is 0 Å². The largest absolute Gasteiger partial charge is 0.382 e. The third kappa shape index (κ3) is 7.20. The lowest BCUT2D eigenvalue weighted by Crippen LogP contribution is -2.25. The van der Waals surface area contributed by atoms with E-state index in [1.165, 1.54) is 58.3 Å². The number of hydrogen-bond donors (Lipinski definition) is 1. The summed E-state index contributed by atoms with van der Waals surface area (Å²) in [6.45, 7) is 10.1. The molecule has 0 bridgehead atoms. The van der Waals surface area contributed by atoms with Gasteiger partial charge in [-0.05, 0) is 71.8 Å². The minimum atomic E-state index is 0.850. The van der Waals surface area contributed by atoms with Gasteiger partial charge in [0.15, 0.2) is 0 Å². The minimum absolute atomic E-state index is 0.850. The second kappa shape index (κ2) is 10.1. The van der Waals surface area contributed by atoms with Gasteiger partial charge in [0, 0.05) is 13.2 Å². The van der Waals surface area contributed by atoms with Gasteiger partial charge in [-0.2, -0.15) is 0 Å². The number of unbranched alkanes of at least 4 members (excludes halogenated alkanes) is 1. The molecule has 3 heteroatoms. The minimum Gasteiger partial charge on any atom is -0.382 e. The van der Waals surface area contributed by atoms with E-state index >= 15 is 0 Å². The summed E-state index contributed by atoms with van der Waals surface area (Å²) in [5.74, 6) is 0. The lowest BCUT2D eigenvalue weighted by molar-refractivity contribution is 0.143. The molecule has 0 aromatic carbocycles. The Balaban J connectivity index is 1.71. The summed E-state index contributed by atoms with van der Waals surface area (Å²) in [4.78, 5) is 2.58. The lowest BCUT2D eigenvalue weighted by atomic mass is 10.3. The summed E-state index contributed by atoms with van der Waals surface area (Å²) in [6, 6.07) is 0. The van der Waals surface area contributed by atoms with Crippen LogP contribution in [0.2, 0.25) is 0 Å². The predicted octanol–water partition coefficient (Wildman–Crippen LogP) is 1.88. The molecule has 0 spiro atoms. The molecule has 1 fully saturated rings. The maximum Gasteiger partial charge on any atom is 0.0466 e. The second-order valence-corrected chi connectivity index (χ2v) is 4.56. The molecule has 0 radical (unpaired) electrons. The molecule has 0 aliphatic carbocycles. The molecule has 0 aromatic heterocycles. The summed E-state index contributed by atoms with van der Waals surface area (Å²) in [6.07, 6.45) is 6.54. The summed E-state index contributed by atoms with van der Waals surface area (Å²) in [5, 5.41) is 3.50. The van der Waals surface area contributed by atoms with Crippen molar-refractivity contribution in [1.82, 2.24) is 10.2 Å². The van der Waals surface area contributed by atoms with Gasteiger partial charge in [0.05, 0.1) is 0 Å². The molecule has 1 rings (SSSR count). The van der Waals surface area contributed by atoms with Crippen LogP contribution >= 0.6 is 0 Å². The topological polar surface area (TPSA) is 24.5 Å². The van der Waals surface area contributed by atoms with Crippen LogP contribution in [0, 0.1) is 0 Å². The Labute approximate surface area is 101 Å². The first-order chi connectivity index (χ1) is 7.93. The number of likely N-dealkylation sites (tertiary alicyclic amines) is 1. The van der Waals surface area contributed by atoms with E-state index in [4.69, 9.17) is 4.74 Å². The Kier molecular flexibility index (Phi) is 8.77. The standard InChI is InChI=1S/C13H28N2O/c1-2-16-13-6-3-8-14-9-7-12-15-10-4-5-11-15/h14H,2-13H2,1H3. The summed E-state index contributed by atoms with van der Waals surface area (Å²) in [5.41, 5.74) is 0. The third-order valence-electron chi connectivity index (χ3n) is 3.12. The molecule has 1 N–H and O–H groups in total. The molecule has 0 unspecified atom stereocenters. The van der Waals surface area contributed by atoms with E-state index in [0.717, 1.165) is 19.8 Å². The van der Waals surface area contributed by atoms with E-state index in [1.54, 1.807) is 0 Å². The Hall–Kier alpha value is -0.120. The van der Waals surface area contributed by atoms with Gasteiger partial charge in [0.25, 0.3) is 0 Å². The van der Waals surface area contributed by atoms with E-state index in [9.17, 15) is 0 Å². The zero-order chi connectivity index (χ0) is 11.5. The Morgan fingerprint density at radius 3 is 2.56 bits per heavy atom. The monoisotopic (exact) mass is 228 g/mol. The number of rotatable bonds is 10. The van der Waals surface area contributed by atoms with E-state index in [1.807, 2.05) is 0 Å². The van der Waals surface area contributed by atoms with Crippen LogP contribution < -0.4 is 5.32 Å². The summed E-state index contributed by atoms with van der Waals surface area (Å²) >= 11 is 0. The molecule has 16 heavy (non-hydrogen) atoms. The van der Waals surface area contributed by atoms with Crippen LogP contribution in [0.25, 0.3) is 0 Å². The van der Waals surface area contributed by atoms with E-state index < -0.39 is 0 Å². The van der Waals surface area contributed by atoms with Crippen molar-refractivity contribution in [3.63, 3.8) is 0 Å². The first-order valence-corrected chi connectivity index (χ1v) is 6.94. The quantitative estimate of drug-likeness (QED) is 0.578. The molecule has 1 aliphatic rings. The molecule has 0 saturated carbocycles. The van der Waals surface area contributed by atoms with Crippen LogP contribution in [0.4, 0.5) is 0 Å². The highest BCUT2D eigenvalue weighted by atomic mass is 16.5. The average Bonchev–Trinajstić information content (AvgIpc) is 2.80. The summed E-state index contributed by atoms with van der Waals surface area (Å²) < 4.78 is 5.29. The van der Waals surface area contributed by atoms with Crippen LogP contribution in [0.3, 0.4) is 0 Å². The fraction of sp³-hybridized carbons (Fsp3) is 1.00. The molecule has 0 atom stereocenters. The molecule has 0 aromatic rings. The number of hydrogen-bond acceptors (Lipinski definition) is 3. The normalized spacial score (nSPS) is 17.1. The molecular formula is C13H28N2O. The highest BCUT2D eigenvalue weighted by Crippen LogP contribution is 2.06. The summed E-state index contributed by atoms with van der Waals surface area (Å²) in [7, 11) is 0. The molecule has 1 aliphatic heterocycles. The first kappa shape index (κ1) is 13.9. The van der Waals surface area contributed by atoms with Crippen LogP contribution in [-0.4, -0.2) is 50.8 Å². The maximum atomic E-state index is 5.29. The SMILES string of the molecule is CCOCCCCNCCCN1CCCC1. The van der Waals surface area contributed by atoms with Crippen molar-refractivity contribution in [2.24, 2.45) is 0 Å².